The number of hydrogen-bond donors (Lipinski definition) is 2. The van der Waals surface area contributed by atoms with Crippen molar-refractivity contribution in [2.24, 2.45) is 29.1 Å². The molecule has 0 bridgehead atoms. The van der Waals surface area contributed by atoms with Crippen LogP contribution in [0.15, 0.2) is 11.6 Å². The standard InChI is InChI=1S/C19H30O2/c1-19-9-8-13-10-14-11-15(20)4-2-12(14)3-5-16(13)17(19)6-7-18(19)21/h10,12-13,15-18,20-21H,2-9,11H2,1H3. The number of aliphatic hydroxyl groups excluding tert-OH is 2. The number of allylic oxidation sites excluding steroid dienone is 1. The van der Waals surface area contributed by atoms with E-state index in [9.17, 15) is 10.2 Å². The van der Waals surface area contributed by atoms with E-state index in [-0.39, 0.29) is 17.6 Å². The fourth-order valence-electron chi connectivity index (χ4n) is 6.23. The maximum atomic E-state index is 10.4. The van der Waals surface area contributed by atoms with Crippen molar-refractivity contribution in [2.45, 2.75) is 76.9 Å². The minimum absolute atomic E-state index is 0.0662. The maximum absolute atomic E-state index is 10.4. The fraction of sp³-hybridized carbons (Fsp3) is 0.895. The molecule has 7 unspecified atom stereocenters. The van der Waals surface area contributed by atoms with Crippen molar-refractivity contribution >= 4 is 0 Å². The summed E-state index contributed by atoms with van der Waals surface area (Å²) in [5, 5.41) is 20.4. The molecule has 21 heavy (non-hydrogen) atoms. The molecule has 3 fully saturated rings. The first kappa shape index (κ1) is 14.3. The van der Waals surface area contributed by atoms with Crippen molar-refractivity contribution in [2.75, 3.05) is 0 Å². The maximum Gasteiger partial charge on any atom is 0.0596 e. The lowest BCUT2D eigenvalue weighted by Crippen LogP contribution is -2.42. The summed E-state index contributed by atoms with van der Waals surface area (Å²) in [6.07, 6.45) is 12.9. The highest BCUT2D eigenvalue weighted by molar-refractivity contribution is 5.18. The van der Waals surface area contributed by atoms with Gasteiger partial charge in [-0.2, -0.15) is 0 Å². The van der Waals surface area contributed by atoms with Crippen molar-refractivity contribution in [1.29, 1.82) is 0 Å². The molecule has 0 aromatic heterocycles. The molecule has 7 atom stereocenters. The van der Waals surface area contributed by atoms with E-state index >= 15 is 0 Å². The Morgan fingerprint density at radius 2 is 1.81 bits per heavy atom. The van der Waals surface area contributed by atoms with Gasteiger partial charge in [0.15, 0.2) is 0 Å². The van der Waals surface area contributed by atoms with Gasteiger partial charge in [0.1, 0.15) is 0 Å². The molecule has 0 saturated heterocycles. The lowest BCUT2D eigenvalue weighted by molar-refractivity contribution is -0.0262. The molecular weight excluding hydrogens is 260 g/mol. The van der Waals surface area contributed by atoms with E-state index in [2.05, 4.69) is 13.0 Å². The van der Waals surface area contributed by atoms with Crippen LogP contribution in [0.25, 0.3) is 0 Å². The van der Waals surface area contributed by atoms with Crippen LogP contribution in [0, 0.1) is 29.1 Å². The van der Waals surface area contributed by atoms with E-state index in [0.29, 0.717) is 0 Å². The zero-order chi connectivity index (χ0) is 14.6. The van der Waals surface area contributed by atoms with Gasteiger partial charge in [0, 0.05) is 0 Å². The SMILES string of the molecule is CC12CCC3C=C4CC(O)CCC4CCC3C1CCC2O. The Hall–Kier alpha value is -0.340. The predicted octanol–water partition coefficient (Wildman–Crippen LogP) is 3.67. The van der Waals surface area contributed by atoms with E-state index in [1.54, 1.807) is 5.57 Å². The summed E-state index contributed by atoms with van der Waals surface area (Å²) in [5.74, 6) is 2.99. The van der Waals surface area contributed by atoms with Crippen molar-refractivity contribution < 1.29 is 10.2 Å². The summed E-state index contributed by atoms with van der Waals surface area (Å²) >= 11 is 0. The summed E-state index contributed by atoms with van der Waals surface area (Å²) in [7, 11) is 0. The van der Waals surface area contributed by atoms with Crippen molar-refractivity contribution in [1.82, 2.24) is 0 Å². The number of aliphatic hydroxyl groups is 2. The van der Waals surface area contributed by atoms with Crippen LogP contribution in [0.3, 0.4) is 0 Å². The Labute approximate surface area is 128 Å². The summed E-state index contributed by atoms with van der Waals surface area (Å²) in [5.41, 5.74) is 1.76. The first-order chi connectivity index (χ1) is 10.1. The molecule has 0 radical (unpaired) electrons. The second-order valence-corrected chi connectivity index (χ2v) is 8.52. The molecular formula is C19H30O2. The van der Waals surface area contributed by atoms with Gasteiger partial charge in [-0.15, -0.1) is 0 Å². The zero-order valence-electron chi connectivity index (χ0n) is 13.3. The van der Waals surface area contributed by atoms with Gasteiger partial charge in [0.2, 0.25) is 0 Å². The second-order valence-electron chi connectivity index (χ2n) is 8.52. The minimum atomic E-state index is -0.0915. The summed E-state index contributed by atoms with van der Waals surface area (Å²) < 4.78 is 0. The predicted molar refractivity (Wildman–Crippen MR) is 83.7 cm³/mol. The lowest BCUT2D eigenvalue weighted by atomic mass is 9.59. The van der Waals surface area contributed by atoms with Crippen molar-refractivity contribution in [3.63, 3.8) is 0 Å². The van der Waals surface area contributed by atoms with Crippen molar-refractivity contribution in [3.05, 3.63) is 11.6 Å². The molecule has 0 amide bonds. The first-order valence-electron chi connectivity index (χ1n) is 9.14. The van der Waals surface area contributed by atoms with Crippen LogP contribution in [-0.4, -0.2) is 22.4 Å². The van der Waals surface area contributed by atoms with Crippen LogP contribution in [0.4, 0.5) is 0 Å². The molecule has 2 nitrogen and oxygen atoms in total. The average Bonchev–Trinajstić information content (AvgIpc) is 2.66. The molecule has 2 N–H and O–H groups in total. The van der Waals surface area contributed by atoms with E-state index in [1.807, 2.05) is 0 Å². The summed E-state index contributed by atoms with van der Waals surface area (Å²) in [4.78, 5) is 0. The molecule has 0 spiro atoms. The average molecular weight is 290 g/mol. The summed E-state index contributed by atoms with van der Waals surface area (Å²) in [6, 6.07) is 0. The normalized spacial score (nSPS) is 53.2. The molecule has 4 aliphatic rings. The lowest BCUT2D eigenvalue weighted by Gasteiger charge is -2.46. The van der Waals surface area contributed by atoms with E-state index in [0.717, 1.165) is 42.9 Å². The zero-order valence-corrected chi connectivity index (χ0v) is 13.3. The van der Waals surface area contributed by atoms with Gasteiger partial charge in [-0.3, -0.25) is 0 Å². The number of hydrogen-bond acceptors (Lipinski definition) is 2. The smallest absolute Gasteiger partial charge is 0.0596 e. The van der Waals surface area contributed by atoms with Gasteiger partial charge >= 0.3 is 0 Å². The van der Waals surface area contributed by atoms with Gasteiger partial charge in [0.25, 0.3) is 0 Å². The summed E-state index contributed by atoms with van der Waals surface area (Å²) in [6.45, 7) is 2.35. The topological polar surface area (TPSA) is 40.5 Å². The van der Waals surface area contributed by atoms with Gasteiger partial charge in [0.05, 0.1) is 12.2 Å². The molecule has 4 aliphatic carbocycles. The highest BCUT2D eigenvalue weighted by atomic mass is 16.3. The monoisotopic (exact) mass is 290 g/mol. The Morgan fingerprint density at radius 1 is 1.00 bits per heavy atom. The highest BCUT2D eigenvalue weighted by Gasteiger charge is 2.53. The Kier molecular flexibility index (Phi) is 3.46. The molecule has 118 valence electrons. The van der Waals surface area contributed by atoms with Crippen LogP contribution in [-0.2, 0) is 0 Å². The van der Waals surface area contributed by atoms with Crippen LogP contribution in [0.2, 0.25) is 0 Å². The van der Waals surface area contributed by atoms with Gasteiger partial charge in [-0.1, -0.05) is 18.6 Å². The fourth-order valence-corrected chi connectivity index (χ4v) is 6.23. The molecule has 2 heteroatoms. The first-order valence-corrected chi connectivity index (χ1v) is 9.14. The number of fused-ring (bicyclic) bond motifs is 4. The molecule has 3 saturated carbocycles. The quantitative estimate of drug-likeness (QED) is 0.668. The van der Waals surface area contributed by atoms with Gasteiger partial charge in [-0.05, 0) is 86.9 Å². The van der Waals surface area contributed by atoms with Crippen molar-refractivity contribution in [3.8, 4) is 0 Å². The molecule has 0 aromatic rings. The molecule has 4 rings (SSSR count). The third kappa shape index (κ3) is 2.21. The van der Waals surface area contributed by atoms with Crippen LogP contribution >= 0.6 is 0 Å². The molecule has 0 aliphatic heterocycles. The Morgan fingerprint density at radius 3 is 2.67 bits per heavy atom. The van der Waals surface area contributed by atoms with Crippen LogP contribution in [0.5, 0.6) is 0 Å². The van der Waals surface area contributed by atoms with Gasteiger partial charge < -0.3 is 10.2 Å². The van der Waals surface area contributed by atoms with E-state index in [4.69, 9.17) is 0 Å². The highest BCUT2D eigenvalue weighted by Crippen LogP contribution is 2.59. The Balaban J connectivity index is 1.61. The van der Waals surface area contributed by atoms with Crippen LogP contribution < -0.4 is 0 Å². The second kappa shape index (κ2) is 5.09. The molecule has 0 heterocycles. The third-order valence-electron chi connectivity index (χ3n) is 7.56. The number of rotatable bonds is 0. The minimum Gasteiger partial charge on any atom is -0.393 e. The Bertz CT molecular complexity index is 443. The van der Waals surface area contributed by atoms with E-state index in [1.165, 1.54) is 38.5 Å². The van der Waals surface area contributed by atoms with E-state index < -0.39 is 0 Å². The largest absolute Gasteiger partial charge is 0.393 e. The third-order valence-corrected chi connectivity index (χ3v) is 7.56. The molecule has 0 aromatic carbocycles. The van der Waals surface area contributed by atoms with Crippen LogP contribution in [0.1, 0.15) is 64.7 Å². The van der Waals surface area contributed by atoms with Gasteiger partial charge in [-0.25, -0.2) is 0 Å².